The Balaban J connectivity index is 1.50. The molecule has 1 fully saturated rings. The molecule has 0 radical (unpaired) electrons. The zero-order valence-electron chi connectivity index (χ0n) is 12.7. The molecule has 0 atom stereocenters. The summed E-state index contributed by atoms with van der Waals surface area (Å²) in [5, 5.41) is 14.1. The normalized spacial score (nSPS) is 13.6. The molecule has 1 aromatic heterocycles. The van der Waals surface area contributed by atoms with Crippen LogP contribution in [0.2, 0.25) is 0 Å². The van der Waals surface area contributed by atoms with Crippen LogP contribution in [0.25, 0.3) is 0 Å². The minimum absolute atomic E-state index is 0.0665. The highest BCUT2D eigenvalue weighted by atomic mass is 32.2. The Hall–Kier alpha value is -2.35. The summed E-state index contributed by atoms with van der Waals surface area (Å²) in [5.41, 5.74) is 1.26. The van der Waals surface area contributed by atoms with Crippen LogP contribution in [-0.4, -0.2) is 38.4 Å². The summed E-state index contributed by atoms with van der Waals surface area (Å²) in [6, 6.07) is 7.21. The first-order chi connectivity index (χ1) is 11.1. The van der Waals surface area contributed by atoms with Crippen molar-refractivity contribution < 1.29 is 9.59 Å². The Labute approximate surface area is 137 Å². The number of nitrogens with zero attached hydrogens (tertiary/aromatic N) is 3. The number of thioether (sulfide) groups is 1. The smallest absolute Gasteiger partial charge is 0.251 e. The number of benzene rings is 1. The molecule has 0 saturated heterocycles. The van der Waals surface area contributed by atoms with Gasteiger partial charge in [0, 0.05) is 24.3 Å². The molecule has 0 bridgehead atoms. The fraction of sp³-hybridized carbons (Fsp3) is 0.333. The topological polar surface area (TPSA) is 88.9 Å². The van der Waals surface area contributed by atoms with Crippen molar-refractivity contribution in [3.05, 3.63) is 36.2 Å². The van der Waals surface area contributed by atoms with Crippen molar-refractivity contribution in [2.45, 2.75) is 24.0 Å². The largest absolute Gasteiger partial charge is 0.349 e. The molecule has 0 spiro atoms. The van der Waals surface area contributed by atoms with E-state index in [1.54, 1.807) is 35.2 Å². The van der Waals surface area contributed by atoms with Gasteiger partial charge in [-0.1, -0.05) is 11.8 Å². The Morgan fingerprint density at radius 1 is 1.30 bits per heavy atom. The molecule has 2 N–H and O–H groups in total. The van der Waals surface area contributed by atoms with E-state index in [9.17, 15) is 9.59 Å². The third-order valence-corrected chi connectivity index (χ3v) is 4.38. The standard InChI is InChI=1S/C15H17N5O2S/c1-20-9-16-19-15(20)23-8-13(21)17-11-4-2-10(3-5-11)14(22)18-12-6-7-12/h2-5,9,12H,6-8H2,1H3,(H,17,21)(H,18,22). The molecule has 23 heavy (non-hydrogen) atoms. The Bertz CT molecular complexity index is 709. The van der Waals surface area contributed by atoms with Crippen LogP contribution < -0.4 is 10.6 Å². The summed E-state index contributed by atoms with van der Waals surface area (Å²) in [7, 11) is 1.83. The molecule has 1 aliphatic carbocycles. The van der Waals surface area contributed by atoms with Gasteiger partial charge in [0.25, 0.3) is 5.91 Å². The van der Waals surface area contributed by atoms with Crippen molar-refractivity contribution in [1.29, 1.82) is 0 Å². The summed E-state index contributed by atoms with van der Waals surface area (Å²) >= 11 is 1.32. The molecule has 120 valence electrons. The van der Waals surface area contributed by atoms with Gasteiger partial charge in [-0.3, -0.25) is 9.59 Å². The summed E-state index contributed by atoms with van der Waals surface area (Å²) in [5.74, 6) is 0.0487. The molecule has 0 aliphatic heterocycles. The van der Waals surface area contributed by atoms with Gasteiger partial charge < -0.3 is 15.2 Å². The lowest BCUT2D eigenvalue weighted by molar-refractivity contribution is -0.113. The second-order valence-corrected chi connectivity index (χ2v) is 6.33. The molecule has 1 aliphatic rings. The van der Waals surface area contributed by atoms with Crippen molar-refractivity contribution >= 4 is 29.3 Å². The molecule has 8 heteroatoms. The van der Waals surface area contributed by atoms with Crippen LogP contribution in [0.1, 0.15) is 23.2 Å². The van der Waals surface area contributed by atoms with Gasteiger partial charge in [0.15, 0.2) is 5.16 Å². The number of aromatic nitrogens is 3. The van der Waals surface area contributed by atoms with Crippen LogP contribution in [0.4, 0.5) is 5.69 Å². The third-order valence-electron chi connectivity index (χ3n) is 3.35. The Kier molecular flexibility index (Phi) is 4.61. The number of hydrogen-bond donors (Lipinski definition) is 2. The monoisotopic (exact) mass is 331 g/mol. The van der Waals surface area contributed by atoms with Gasteiger partial charge in [0.2, 0.25) is 5.91 Å². The molecule has 1 saturated carbocycles. The van der Waals surface area contributed by atoms with Crippen LogP contribution >= 0.6 is 11.8 Å². The highest BCUT2D eigenvalue weighted by molar-refractivity contribution is 7.99. The molecule has 2 amide bonds. The average molecular weight is 331 g/mol. The van der Waals surface area contributed by atoms with Crippen LogP contribution in [0.3, 0.4) is 0 Å². The first kappa shape index (κ1) is 15.5. The maximum Gasteiger partial charge on any atom is 0.251 e. The van der Waals surface area contributed by atoms with E-state index in [1.807, 2.05) is 7.05 Å². The van der Waals surface area contributed by atoms with Crippen molar-refractivity contribution in [2.75, 3.05) is 11.1 Å². The zero-order valence-corrected chi connectivity index (χ0v) is 13.5. The fourth-order valence-electron chi connectivity index (χ4n) is 1.93. The van der Waals surface area contributed by atoms with E-state index in [-0.39, 0.29) is 17.6 Å². The van der Waals surface area contributed by atoms with Gasteiger partial charge in [0.05, 0.1) is 5.75 Å². The number of carbonyl (C=O) groups excluding carboxylic acids is 2. The van der Waals surface area contributed by atoms with E-state index < -0.39 is 0 Å². The van der Waals surface area contributed by atoms with E-state index in [4.69, 9.17) is 0 Å². The van der Waals surface area contributed by atoms with Gasteiger partial charge in [-0.2, -0.15) is 0 Å². The van der Waals surface area contributed by atoms with Gasteiger partial charge in [-0.15, -0.1) is 10.2 Å². The molecule has 3 rings (SSSR count). The third kappa shape index (κ3) is 4.32. The van der Waals surface area contributed by atoms with E-state index in [0.717, 1.165) is 12.8 Å². The van der Waals surface area contributed by atoms with Gasteiger partial charge in [-0.05, 0) is 37.1 Å². The van der Waals surface area contributed by atoms with Gasteiger partial charge in [0.1, 0.15) is 6.33 Å². The van der Waals surface area contributed by atoms with Crippen LogP contribution in [0, 0.1) is 0 Å². The predicted molar refractivity (Wildman–Crippen MR) is 87.3 cm³/mol. The molecule has 1 aromatic carbocycles. The minimum atomic E-state index is -0.131. The van der Waals surface area contributed by atoms with Crippen molar-refractivity contribution in [1.82, 2.24) is 20.1 Å². The molecular formula is C15H17N5O2S. The number of carbonyl (C=O) groups is 2. The molecular weight excluding hydrogens is 314 g/mol. The van der Waals surface area contributed by atoms with Gasteiger partial charge >= 0.3 is 0 Å². The van der Waals surface area contributed by atoms with E-state index in [1.165, 1.54) is 11.8 Å². The van der Waals surface area contributed by atoms with Crippen molar-refractivity contribution in [2.24, 2.45) is 7.05 Å². The Morgan fingerprint density at radius 3 is 2.65 bits per heavy atom. The molecule has 0 unspecified atom stereocenters. The second kappa shape index (κ2) is 6.82. The summed E-state index contributed by atoms with van der Waals surface area (Å²) in [4.78, 5) is 23.8. The number of rotatable bonds is 6. The number of amides is 2. The number of aryl methyl sites for hydroxylation is 1. The van der Waals surface area contributed by atoms with Gasteiger partial charge in [-0.25, -0.2) is 0 Å². The average Bonchev–Trinajstić information content (AvgIpc) is 3.26. The quantitative estimate of drug-likeness (QED) is 0.782. The minimum Gasteiger partial charge on any atom is -0.349 e. The first-order valence-corrected chi connectivity index (χ1v) is 8.28. The maximum atomic E-state index is 11.9. The number of anilines is 1. The van der Waals surface area contributed by atoms with Crippen LogP contribution in [0.15, 0.2) is 35.7 Å². The van der Waals surface area contributed by atoms with Crippen molar-refractivity contribution in [3.8, 4) is 0 Å². The first-order valence-electron chi connectivity index (χ1n) is 7.29. The van der Waals surface area contributed by atoms with E-state index in [0.29, 0.717) is 22.4 Å². The van der Waals surface area contributed by atoms with E-state index in [2.05, 4.69) is 20.8 Å². The summed E-state index contributed by atoms with van der Waals surface area (Å²) < 4.78 is 1.76. The predicted octanol–water partition coefficient (Wildman–Crippen LogP) is 1.44. The maximum absolute atomic E-state index is 11.9. The van der Waals surface area contributed by atoms with Crippen molar-refractivity contribution in [3.63, 3.8) is 0 Å². The molecule has 1 heterocycles. The highest BCUT2D eigenvalue weighted by Gasteiger charge is 2.23. The summed E-state index contributed by atoms with van der Waals surface area (Å²) in [6.07, 6.45) is 3.71. The lowest BCUT2D eigenvalue weighted by Gasteiger charge is -2.07. The lowest BCUT2D eigenvalue weighted by atomic mass is 10.2. The SMILES string of the molecule is Cn1cnnc1SCC(=O)Nc1ccc(C(=O)NC2CC2)cc1. The van der Waals surface area contributed by atoms with Crippen LogP contribution in [0.5, 0.6) is 0 Å². The molecule has 7 nitrogen and oxygen atoms in total. The number of hydrogen-bond acceptors (Lipinski definition) is 5. The zero-order chi connectivity index (χ0) is 16.2. The van der Waals surface area contributed by atoms with E-state index >= 15 is 0 Å². The molecule has 2 aromatic rings. The Morgan fingerprint density at radius 2 is 2.04 bits per heavy atom. The van der Waals surface area contributed by atoms with Crippen LogP contribution in [-0.2, 0) is 11.8 Å². The lowest BCUT2D eigenvalue weighted by Crippen LogP contribution is -2.25. The fourth-order valence-corrected chi connectivity index (χ4v) is 2.62. The second-order valence-electron chi connectivity index (χ2n) is 5.39. The highest BCUT2D eigenvalue weighted by Crippen LogP contribution is 2.20. The number of nitrogens with one attached hydrogen (secondary N) is 2. The summed E-state index contributed by atoms with van der Waals surface area (Å²) in [6.45, 7) is 0.